The summed E-state index contributed by atoms with van der Waals surface area (Å²) in [6.07, 6.45) is 62.6. The van der Waals surface area contributed by atoms with E-state index >= 15 is 0 Å². The van der Waals surface area contributed by atoms with E-state index in [9.17, 15) is 9.59 Å². The zero-order valence-corrected chi connectivity index (χ0v) is 40.2. The molecule has 0 amide bonds. The Morgan fingerprint density at radius 1 is 0.367 bits per heavy atom. The molecule has 0 saturated heterocycles. The predicted octanol–water partition coefficient (Wildman–Crippen LogP) is 17.6. The second-order valence-corrected chi connectivity index (χ2v) is 17.4. The van der Waals surface area contributed by atoms with Crippen LogP contribution in [0, 0.1) is 0 Å². The fourth-order valence-electron chi connectivity index (χ4n) is 7.35. The van der Waals surface area contributed by atoms with Gasteiger partial charge in [0, 0.05) is 19.4 Å². The van der Waals surface area contributed by atoms with Crippen LogP contribution >= 0.6 is 0 Å². The number of esters is 2. The smallest absolute Gasteiger partial charge is 0.306 e. The Morgan fingerprint density at radius 2 is 0.750 bits per heavy atom. The maximum atomic E-state index is 12.8. The van der Waals surface area contributed by atoms with Crippen molar-refractivity contribution in [3.8, 4) is 0 Å². The van der Waals surface area contributed by atoms with Gasteiger partial charge in [-0.15, -0.1) is 0 Å². The average Bonchev–Trinajstić information content (AvgIpc) is 3.25. The molecule has 0 fully saturated rings. The highest BCUT2D eigenvalue weighted by atomic mass is 16.6. The zero-order valence-electron chi connectivity index (χ0n) is 40.2. The Bertz CT molecular complexity index is 997. The molecule has 1 unspecified atom stereocenters. The van der Waals surface area contributed by atoms with Gasteiger partial charge in [0.05, 0.1) is 6.61 Å². The molecule has 5 heteroatoms. The van der Waals surface area contributed by atoms with Gasteiger partial charge >= 0.3 is 11.9 Å². The van der Waals surface area contributed by atoms with E-state index in [1.165, 1.54) is 173 Å². The Morgan fingerprint density at radius 3 is 1.23 bits per heavy atom. The topological polar surface area (TPSA) is 61.8 Å². The van der Waals surface area contributed by atoms with Crippen molar-refractivity contribution in [2.75, 3.05) is 19.8 Å². The van der Waals surface area contributed by atoms with Crippen LogP contribution in [-0.4, -0.2) is 37.9 Å². The van der Waals surface area contributed by atoms with E-state index < -0.39 is 6.10 Å². The lowest BCUT2D eigenvalue weighted by atomic mass is 10.1. The molecule has 1 atom stereocenters. The van der Waals surface area contributed by atoms with E-state index in [0.717, 1.165) is 57.8 Å². The fourth-order valence-corrected chi connectivity index (χ4v) is 7.35. The van der Waals surface area contributed by atoms with Crippen molar-refractivity contribution in [3.05, 3.63) is 48.6 Å². The molecule has 0 aromatic heterocycles. The largest absolute Gasteiger partial charge is 0.462 e. The standard InChI is InChI=1S/C55H100O5/c1-4-7-10-13-16-19-22-24-26-27-28-29-30-31-34-36-39-42-45-48-54(56)59-52-53(60-55(57)49-46-43-40-37-33-21-18-15-12-9-6-3)51-58-50-47-44-41-38-35-32-25-23-20-17-14-11-8-5-2/h11,14-15,18,20,23-24,26,53H,4-10,12-13,16-17,19,21-22,25,27-52H2,1-3H3/b14-11-,18-15-,23-20-,26-24-. The van der Waals surface area contributed by atoms with Crippen molar-refractivity contribution in [1.82, 2.24) is 0 Å². The number of allylic oxidation sites excluding steroid dienone is 8. The number of ether oxygens (including phenoxy) is 3. The van der Waals surface area contributed by atoms with Gasteiger partial charge in [0.25, 0.3) is 0 Å². The van der Waals surface area contributed by atoms with Crippen molar-refractivity contribution in [2.24, 2.45) is 0 Å². The molecule has 0 N–H and O–H groups in total. The van der Waals surface area contributed by atoms with E-state index in [-0.39, 0.29) is 25.2 Å². The van der Waals surface area contributed by atoms with Gasteiger partial charge in [0.2, 0.25) is 0 Å². The third kappa shape index (κ3) is 48.5. The summed E-state index contributed by atoms with van der Waals surface area (Å²) in [4.78, 5) is 25.4. The second-order valence-electron chi connectivity index (χ2n) is 17.4. The number of hydrogen-bond acceptors (Lipinski definition) is 5. The minimum Gasteiger partial charge on any atom is -0.462 e. The van der Waals surface area contributed by atoms with Crippen LogP contribution in [0.2, 0.25) is 0 Å². The van der Waals surface area contributed by atoms with Crippen LogP contribution in [0.1, 0.15) is 265 Å². The highest BCUT2D eigenvalue weighted by Crippen LogP contribution is 2.14. The molecule has 350 valence electrons. The molecule has 0 saturated carbocycles. The van der Waals surface area contributed by atoms with E-state index in [2.05, 4.69) is 69.4 Å². The first-order valence-electron chi connectivity index (χ1n) is 26.2. The summed E-state index contributed by atoms with van der Waals surface area (Å²) >= 11 is 0. The van der Waals surface area contributed by atoms with Crippen molar-refractivity contribution in [2.45, 2.75) is 271 Å². The quantitative estimate of drug-likeness (QED) is 0.0347. The maximum Gasteiger partial charge on any atom is 0.306 e. The summed E-state index contributed by atoms with van der Waals surface area (Å²) in [5.74, 6) is -0.409. The molecule has 0 aliphatic rings. The van der Waals surface area contributed by atoms with Gasteiger partial charge in [-0.25, -0.2) is 0 Å². The van der Waals surface area contributed by atoms with Crippen molar-refractivity contribution in [3.63, 3.8) is 0 Å². The van der Waals surface area contributed by atoms with E-state index in [0.29, 0.717) is 19.4 Å². The first kappa shape index (κ1) is 57.9. The number of rotatable bonds is 48. The zero-order chi connectivity index (χ0) is 43.5. The average molecular weight is 841 g/mol. The molecule has 0 rings (SSSR count). The normalized spacial score (nSPS) is 12.5. The Kier molecular flexibility index (Phi) is 49.4. The van der Waals surface area contributed by atoms with Gasteiger partial charge in [-0.1, -0.05) is 211 Å². The highest BCUT2D eigenvalue weighted by Gasteiger charge is 2.17. The minimum absolute atomic E-state index is 0.0781. The summed E-state index contributed by atoms with van der Waals surface area (Å²) in [5.41, 5.74) is 0. The van der Waals surface area contributed by atoms with Crippen LogP contribution in [0.5, 0.6) is 0 Å². The fraction of sp³-hybridized carbons (Fsp3) is 0.818. The molecular formula is C55H100O5. The van der Waals surface area contributed by atoms with Gasteiger partial charge in [0.15, 0.2) is 6.10 Å². The van der Waals surface area contributed by atoms with Gasteiger partial charge in [-0.2, -0.15) is 0 Å². The Labute approximate surface area is 373 Å². The summed E-state index contributed by atoms with van der Waals surface area (Å²) in [6, 6.07) is 0. The number of carbonyl (C=O) groups excluding carboxylic acids is 2. The second kappa shape index (κ2) is 51.2. The molecule has 0 heterocycles. The summed E-state index contributed by atoms with van der Waals surface area (Å²) in [5, 5.41) is 0. The monoisotopic (exact) mass is 841 g/mol. The van der Waals surface area contributed by atoms with Crippen molar-refractivity contribution >= 4 is 11.9 Å². The molecule has 0 aromatic rings. The minimum atomic E-state index is -0.544. The van der Waals surface area contributed by atoms with Crippen LogP contribution in [0.15, 0.2) is 48.6 Å². The van der Waals surface area contributed by atoms with Crippen molar-refractivity contribution < 1.29 is 23.8 Å². The Balaban J connectivity index is 4.20. The van der Waals surface area contributed by atoms with Crippen LogP contribution < -0.4 is 0 Å². The van der Waals surface area contributed by atoms with Crippen LogP contribution in [0.3, 0.4) is 0 Å². The first-order valence-corrected chi connectivity index (χ1v) is 26.2. The number of hydrogen-bond donors (Lipinski definition) is 0. The van der Waals surface area contributed by atoms with Gasteiger partial charge in [0.1, 0.15) is 6.61 Å². The molecule has 5 nitrogen and oxygen atoms in total. The van der Waals surface area contributed by atoms with Gasteiger partial charge in [-0.05, 0) is 89.9 Å². The van der Waals surface area contributed by atoms with Crippen LogP contribution in [0.25, 0.3) is 0 Å². The van der Waals surface area contributed by atoms with E-state index in [4.69, 9.17) is 14.2 Å². The Hall–Kier alpha value is -2.14. The van der Waals surface area contributed by atoms with Gasteiger partial charge in [-0.3, -0.25) is 9.59 Å². The number of unbranched alkanes of at least 4 members (excludes halogenated alkanes) is 29. The van der Waals surface area contributed by atoms with Gasteiger partial charge < -0.3 is 14.2 Å². The lowest BCUT2D eigenvalue weighted by Gasteiger charge is -2.18. The van der Waals surface area contributed by atoms with Crippen LogP contribution in [-0.2, 0) is 23.8 Å². The molecule has 60 heavy (non-hydrogen) atoms. The predicted molar refractivity (Wildman–Crippen MR) is 261 cm³/mol. The molecular weight excluding hydrogens is 741 g/mol. The molecule has 0 aromatic carbocycles. The lowest BCUT2D eigenvalue weighted by molar-refractivity contribution is -0.163. The molecule has 0 spiro atoms. The molecule has 0 aliphatic heterocycles. The molecule has 0 bridgehead atoms. The number of carbonyl (C=O) groups is 2. The maximum absolute atomic E-state index is 12.8. The SMILES string of the molecule is CCC/C=C\C/C=C\CCCCCCCCOCC(COC(=O)CCCCCCCCCCC/C=C\CCCCCCCC)OC(=O)CCCCCCC/C=C\CCCC. The third-order valence-corrected chi connectivity index (χ3v) is 11.3. The van der Waals surface area contributed by atoms with E-state index in [1.807, 2.05) is 0 Å². The lowest BCUT2D eigenvalue weighted by Crippen LogP contribution is -2.30. The first-order chi connectivity index (χ1) is 29.6. The molecule has 0 radical (unpaired) electrons. The third-order valence-electron chi connectivity index (χ3n) is 11.3. The highest BCUT2D eigenvalue weighted by molar-refractivity contribution is 5.70. The summed E-state index contributed by atoms with van der Waals surface area (Å²) in [6.45, 7) is 7.72. The summed E-state index contributed by atoms with van der Waals surface area (Å²) < 4.78 is 17.4. The van der Waals surface area contributed by atoms with Crippen LogP contribution in [0.4, 0.5) is 0 Å². The van der Waals surface area contributed by atoms with E-state index in [1.54, 1.807) is 0 Å². The van der Waals surface area contributed by atoms with Crippen molar-refractivity contribution in [1.29, 1.82) is 0 Å². The molecule has 0 aliphatic carbocycles. The summed E-state index contributed by atoms with van der Waals surface area (Å²) in [7, 11) is 0.